The van der Waals surface area contributed by atoms with E-state index in [2.05, 4.69) is 10.1 Å². The Morgan fingerprint density at radius 2 is 1.64 bits per heavy atom. The molecule has 2 aromatic heterocycles. The fourth-order valence-corrected chi connectivity index (χ4v) is 5.63. The van der Waals surface area contributed by atoms with Crippen molar-refractivity contribution in [3.8, 4) is 5.88 Å². The van der Waals surface area contributed by atoms with Gasteiger partial charge >= 0.3 is 0 Å². The molecule has 2 amide bonds. The Labute approximate surface area is 228 Å². The third kappa shape index (κ3) is 5.50. The molecule has 2 aliphatic rings. The van der Waals surface area contributed by atoms with Gasteiger partial charge < -0.3 is 14.5 Å². The van der Waals surface area contributed by atoms with E-state index in [4.69, 9.17) is 4.74 Å². The van der Waals surface area contributed by atoms with Gasteiger partial charge in [-0.2, -0.15) is 5.10 Å². The molecule has 0 atom stereocenters. The van der Waals surface area contributed by atoms with E-state index in [1.165, 1.54) is 0 Å². The van der Waals surface area contributed by atoms with Gasteiger partial charge in [-0.15, -0.1) is 0 Å². The van der Waals surface area contributed by atoms with Gasteiger partial charge in [0.2, 0.25) is 5.88 Å². The second-order valence-corrected chi connectivity index (χ2v) is 10.4. The number of piperidine rings is 2. The normalized spacial score (nSPS) is 16.4. The van der Waals surface area contributed by atoms with Crippen molar-refractivity contribution in [1.82, 2.24) is 24.6 Å². The maximum atomic E-state index is 13.8. The fraction of sp³-hybridized carbons (Fsp3) is 0.355. The summed E-state index contributed by atoms with van der Waals surface area (Å²) in [6, 6.07) is 17.6. The van der Waals surface area contributed by atoms with Crippen molar-refractivity contribution in [3.05, 3.63) is 89.9 Å². The standard InChI is InChI=1S/C31H33N5O3/c37-30(35-16-10-26(11-17-35)36-15-7-12-33-36)24-18-25-21-32-29(39-22-23-8-3-1-4-9-23)20-27(25)28(19-24)31(38)34-13-5-2-6-14-34/h1,3-4,7-9,12,15,18-21,26H,2,5-6,10-11,13-14,16-17,22H2. The predicted molar refractivity (Wildman–Crippen MR) is 149 cm³/mol. The molecule has 0 aliphatic carbocycles. The SMILES string of the molecule is O=C(c1cc(C(=O)N2CCCCC2)c2cc(OCc3ccccc3)ncc2c1)N1CCC(n2cccn2)CC1. The van der Waals surface area contributed by atoms with Gasteiger partial charge in [0.15, 0.2) is 0 Å². The van der Waals surface area contributed by atoms with Crippen molar-refractivity contribution in [3.63, 3.8) is 0 Å². The lowest BCUT2D eigenvalue weighted by Gasteiger charge is -2.32. The molecular formula is C31H33N5O3. The number of nitrogens with zero attached hydrogens (tertiary/aromatic N) is 5. The van der Waals surface area contributed by atoms with Crippen LogP contribution in [-0.4, -0.2) is 62.6 Å². The number of pyridine rings is 1. The van der Waals surface area contributed by atoms with Crippen LogP contribution in [0.15, 0.2) is 73.2 Å². The van der Waals surface area contributed by atoms with Crippen LogP contribution >= 0.6 is 0 Å². The van der Waals surface area contributed by atoms with Crippen LogP contribution in [0.1, 0.15) is 64.4 Å². The number of fused-ring (bicyclic) bond motifs is 1. The first-order chi connectivity index (χ1) is 19.2. The number of carbonyl (C=O) groups is 2. The highest BCUT2D eigenvalue weighted by Crippen LogP contribution is 2.29. The Hall–Kier alpha value is -4.20. The van der Waals surface area contributed by atoms with E-state index >= 15 is 0 Å². The molecule has 2 aliphatic heterocycles. The van der Waals surface area contributed by atoms with E-state index in [-0.39, 0.29) is 11.8 Å². The van der Waals surface area contributed by atoms with Crippen LogP contribution in [-0.2, 0) is 6.61 Å². The van der Waals surface area contributed by atoms with Crippen LogP contribution in [0.4, 0.5) is 0 Å². The Morgan fingerprint density at radius 3 is 2.38 bits per heavy atom. The Balaban J connectivity index is 1.28. The molecule has 0 spiro atoms. The third-order valence-corrected chi connectivity index (χ3v) is 7.81. The number of amides is 2. The van der Waals surface area contributed by atoms with Gasteiger partial charge in [-0.1, -0.05) is 30.3 Å². The molecule has 6 rings (SSSR count). The van der Waals surface area contributed by atoms with Gasteiger partial charge in [0.05, 0.1) is 6.04 Å². The minimum atomic E-state index is -0.0482. The van der Waals surface area contributed by atoms with E-state index in [0.29, 0.717) is 42.7 Å². The minimum Gasteiger partial charge on any atom is -0.473 e. The number of likely N-dealkylation sites (tertiary alicyclic amines) is 2. The largest absolute Gasteiger partial charge is 0.473 e. The molecule has 39 heavy (non-hydrogen) atoms. The highest BCUT2D eigenvalue weighted by Gasteiger charge is 2.27. The third-order valence-electron chi connectivity index (χ3n) is 7.81. The van der Waals surface area contributed by atoms with Crippen LogP contribution in [0.2, 0.25) is 0 Å². The molecule has 0 bridgehead atoms. The molecule has 8 nitrogen and oxygen atoms in total. The van der Waals surface area contributed by atoms with Crippen LogP contribution in [0.5, 0.6) is 5.88 Å². The summed E-state index contributed by atoms with van der Waals surface area (Å²) in [5, 5.41) is 5.89. The summed E-state index contributed by atoms with van der Waals surface area (Å²) in [5.41, 5.74) is 2.11. The first-order valence-corrected chi connectivity index (χ1v) is 13.8. The number of aromatic nitrogens is 3. The van der Waals surface area contributed by atoms with E-state index in [1.54, 1.807) is 18.5 Å². The maximum Gasteiger partial charge on any atom is 0.254 e. The zero-order chi connectivity index (χ0) is 26.6. The monoisotopic (exact) mass is 523 g/mol. The lowest BCUT2D eigenvalue weighted by molar-refractivity contribution is 0.0690. The summed E-state index contributed by atoms with van der Waals surface area (Å²) < 4.78 is 7.96. The van der Waals surface area contributed by atoms with Gasteiger partial charge in [-0.25, -0.2) is 4.98 Å². The minimum absolute atomic E-state index is 0.0352. The van der Waals surface area contributed by atoms with Crippen molar-refractivity contribution in [2.24, 2.45) is 0 Å². The molecule has 4 aromatic rings. The molecule has 2 fully saturated rings. The van der Waals surface area contributed by atoms with Crippen LogP contribution in [0.25, 0.3) is 10.8 Å². The first kappa shape index (κ1) is 25.1. The Morgan fingerprint density at radius 1 is 0.872 bits per heavy atom. The van der Waals surface area contributed by atoms with Gasteiger partial charge in [0.1, 0.15) is 6.61 Å². The maximum absolute atomic E-state index is 13.8. The summed E-state index contributed by atoms with van der Waals surface area (Å²) in [7, 11) is 0. The number of carbonyl (C=O) groups excluding carboxylic acids is 2. The van der Waals surface area contributed by atoms with Crippen molar-refractivity contribution >= 4 is 22.6 Å². The van der Waals surface area contributed by atoms with Crippen molar-refractivity contribution in [1.29, 1.82) is 0 Å². The van der Waals surface area contributed by atoms with Gasteiger partial charge in [0, 0.05) is 72.7 Å². The topological polar surface area (TPSA) is 80.6 Å². The average molecular weight is 524 g/mol. The van der Waals surface area contributed by atoms with Crippen LogP contribution in [0, 0.1) is 0 Å². The summed E-state index contributed by atoms with van der Waals surface area (Å²) >= 11 is 0. The van der Waals surface area contributed by atoms with Crippen molar-refractivity contribution in [2.75, 3.05) is 26.2 Å². The van der Waals surface area contributed by atoms with E-state index in [9.17, 15) is 9.59 Å². The number of hydrogen-bond acceptors (Lipinski definition) is 5. The van der Waals surface area contributed by atoms with E-state index in [0.717, 1.165) is 61.5 Å². The van der Waals surface area contributed by atoms with Crippen LogP contribution in [0.3, 0.4) is 0 Å². The second-order valence-electron chi connectivity index (χ2n) is 10.4. The molecule has 8 heteroatoms. The molecule has 2 aromatic carbocycles. The molecule has 4 heterocycles. The fourth-order valence-electron chi connectivity index (χ4n) is 5.63. The molecule has 0 N–H and O–H groups in total. The quantitative estimate of drug-likeness (QED) is 0.351. The highest BCUT2D eigenvalue weighted by molar-refractivity contribution is 6.10. The van der Waals surface area contributed by atoms with Crippen LogP contribution < -0.4 is 4.74 Å². The molecule has 200 valence electrons. The predicted octanol–water partition coefficient (Wildman–Crippen LogP) is 5.11. The van der Waals surface area contributed by atoms with Gasteiger partial charge in [0.25, 0.3) is 11.8 Å². The lowest BCUT2D eigenvalue weighted by Crippen LogP contribution is -2.39. The smallest absolute Gasteiger partial charge is 0.254 e. The first-order valence-electron chi connectivity index (χ1n) is 13.8. The van der Waals surface area contributed by atoms with E-state index < -0.39 is 0 Å². The molecule has 2 saturated heterocycles. The second kappa shape index (κ2) is 11.3. The van der Waals surface area contributed by atoms with E-state index in [1.807, 2.05) is 69.2 Å². The number of ether oxygens (including phenoxy) is 1. The summed E-state index contributed by atoms with van der Waals surface area (Å²) in [6.45, 7) is 3.17. The number of benzene rings is 2. The molecule has 0 unspecified atom stereocenters. The molecule has 0 radical (unpaired) electrons. The average Bonchev–Trinajstić information content (AvgIpc) is 3.55. The van der Waals surface area contributed by atoms with Gasteiger partial charge in [-0.05, 0) is 55.9 Å². The zero-order valence-electron chi connectivity index (χ0n) is 22.0. The lowest BCUT2D eigenvalue weighted by atomic mass is 9.98. The summed E-state index contributed by atoms with van der Waals surface area (Å²) in [6.07, 6.45) is 10.3. The Kier molecular flexibility index (Phi) is 7.25. The van der Waals surface area contributed by atoms with Gasteiger partial charge in [-0.3, -0.25) is 14.3 Å². The highest BCUT2D eigenvalue weighted by atomic mass is 16.5. The zero-order valence-corrected chi connectivity index (χ0v) is 22.0. The molecular weight excluding hydrogens is 490 g/mol. The number of hydrogen-bond donors (Lipinski definition) is 0. The number of rotatable bonds is 6. The summed E-state index contributed by atoms with van der Waals surface area (Å²) in [4.78, 5) is 35.7. The molecule has 0 saturated carbocycles. The van der Waals surface area contributed by atoms with Crippen molar-refractivity contribution < 1.29 is 14.3 Å². The Bertz CT molecular complexity index is 1440. The van der Waals surface area contributed by atoms with Crippen molar-refractivity contribution in [2.45, 2.75) is 44.8 Å². The summed E-state index contributed by atoms with van der Waals surface area (Å²) in [5.74, 6) is 0.374.